The Labute approximate surface area is 251 Å². The van der Waals surface area contributed by atoms with Gasteiger partial charge in [-0.3, -0.25) is 43.6 Å². The second-order valence-corrected chi connectivity index (χ2v) is 12.7. The van der Waals surface area contributed by atoms with Gasteiger partial charge in [-0.2, -0.15) is 0 Å². The topological polar surface area (TPSA) is 132 Å². The molecule has 0 spiro atoms. The van der Waals surface area contributed by atoms with Gasteiger partial charge in [0, 0.05) is 58.1 Å². The van der Waals surface area contributed by atoms with E-state index >= 15 is 0 Å². The van der Waals surface area contributed by atoms with Crippen molar-refractivity contribution in [3.8, 4) is 19.5 Å². The normalized spacial score (nSPS) is 16.3. The summed E-state index contributed by atoms with van der Waals surface area (Å²) in [5, 5.41) is 0. The van der Waals surface area contributed by atoms with Crippen LogP contribution in [0.15, 0.2) is 41.5 Å². The third-order valence-electron chi connectivity index (χ3n) is 6.69. The second kappa shape index (κ2) is 10.7. The van der Waals surface area contributed by atoms with E-state index < -0.39 is 35.7 Å². The van der Waals surface area contributed by atoms with Crippen LogP contribution in [0.2, 0.25) is 0 Å². The molecule has 0 aliphatic carbocycles. The van der Waals surface area contributed by atoms with Crippen LogP contribution in [0.5, 0.6) is 0 Å². The van der Waals surface area contributed by atoms with Crippen LogP contribution in [-0.2, 0) is 19.2 Å². The van der Waals surface area contributed by atoms with Crippen LogP contribution < -0.4 is 0 Å². The molecule has 214 valence electrons. The maximum atomic E-state index is 12.6. The molecule has 2 aliphatic rings. The van der Waals surface area contributed by atoms with E-state index in [4.69, 9.17) is 0 Å². The molecule has 42 heavy (non-hydrogen) atoms. The maximum absolute atomic E-state index is 12.6. The smallest absolute Gasteiger partial charge is 0.294 e. The van der Waals surface area contributed by atoms with Crippen LogP contribution >= 0.6 is 34.0 Å². The van der Waals surface area contributed by atoms with Crippen molar-refractivity contribution in [1.29, 1.82) is 0 Å². The van der Waals surface area contributed by atoms with Gasteiger partial charge in [-0.25, -0.2) is 9.59 Å². The van der Waals surface area contributed by atoms with E-state index in [1.807, 2.05) is 6.07 Å². The summed E-state index contributed by atoms with van der Waals surface area (Å²) >= 11 is 4.00. The first-order chi connectivity index (χ1) is 19.8. The number of nitrogens with zero attached hydrogens (tertiary/aromatic N) is 4. The molecule has 0 atom stereocenters. The molecule has 0 aromatic carbocycles. The van der Waals surface area contributed by atoms with Crippen molar-refractivity contribution in [2.24, 2.45) is 0 Å². The number of ketones is 1. The second-order valence-electron chi connectivity index (χ2n) is 9.45. The van der Waals surface area contributed by atoms with Gasteiger partial charge in [0.2, 0.25) is 0 Å². The SMILES string of the molecule is CC(=O)c1cc(-c2ccc(C=C3C(=O)N(C)C(=O)N(C)C3=O)s2)sc1-c1ccc(C=C2C(=O)N(C)C(=O)N(C)C2=O)s1. The van der Waals surface area contributed by atoms with E-state index in [-0.39, 0.29) is 16.9 Å². The molecular weight excluding hydrogens is 601 g/mol. The largest absolute Gasteiger partial charge is 0.333 e. The predicted octanol–water partition coefficient (Wildman–Crippen LogP) is 4.28. The summed E-state index contributed by atoms with van der Waals surface area (Å²) in [5.41, 5.74) is 0.239. The van der Waals surface area contributed by atoms with Crippen molar-refractivity contribution in [3.05, 3.63) is 56.8 Å². The molecule has 5 heterocycles. The lowest BCUT2D eigenvalue weighted by atomic mass is 10.1. The highest BCUT2D eigenvalue weighted by Crippen LogP contribution is 2.43. The molecule has 3 aromatic heterocycles. The van der Waals surface area contributed by atoms with E-state index in [0.717, 1.165) is 34.2 Å². The zero-order valence-corrected chi connectivity index (χ0v) is 25.4. The van der Waals surface area contributed by atoms with Crippen LogP contribution in [0.4, 0.5) is 9.59 Å². The van der Waals surface area contributed by atoms with Crippen molar-refractivity contribution >= 4 is 87.6 Å². The lowest BCUT2D eigenvalue weighted by Gasteiger charge is -2.28. The molecule has 2 aliphatic heterocycles. The summed E-state index contributed by atoms with van der Waals surface area (Å²) in [5.74, 6) is -2.88. The van der Waals surface area contributed by atoms with E-state index in [2.05, 4.69) is 0 Å². The number of amides is 8. The Kier molecular flexibility index (Phi) is 7.39. The summed E-state index contributed by atoms with van der Waals surface area (Å²) in [4.78, 5) is 94.7. The maximum Gasteiger partial charge on any atom is 0.333 e. The molecule has 5 rings (SSSR count). The van der Waals surface area contributed by atoms with Gasteiger partial charge in [-0.15, -0.1) is 34.0 Å². The van der Waals surface area contributed by atoms with Gasteiger partial charge in [-0.1, -0.05) is 0 Å². The number of thiophene rings is 3. The first-order valence-electron chi connectivity index (χ1n) is 12.3. The highest BCUT2D eigenvalue weighted by molar-refractivity contribution is 7.27. The van der Waals surface area contributed by atoms with Crippen LogP contribution in [0, 0.1) is 0 Å². The zero-order chi connectivity index (χ0) is 30.6. The standard InChI is InChI=1S/C28H22N4O7S3/c1-13(33)16-12-21(19-8-6-14(40-19)10-17-23(34)29(2)27(38)30(3)24(17)35)42-22(16)20-9-7-15(41-20)11-18-25(36)31(4)28(39)32(5)26(18)37/h6-12H,1-5H3. The monoisotopic (exact) mass is 622 g/mol. The summed E-state index contributed by atoms with van der Waals surface area (Å²) in [6, 6.07) is 7.50. The van der Waals surface area contributed by atoms with Crippen LogP contribution in [0.3, 0.4) is 0 Å². The molecule has 0 bridgehead atoms. The highest BCUT2D eigenvalue weighted by Gasteiger charge is 2.39. The molecule has 14 heteroatoms. The van der Waals surface area contributed by atoms with Gasteiger partial charge in [-0.05, 0) is 49.4 Å². The molecule has 2 fully saturated rings. The van der Waals surface area contributed by atoms with Crippen LogP contribution in [0.25, 0.3) is 31.7 Å². The van der Waals surface area contributed by atoms with Gasteiger partial charge < -0.3 is 0 Å². The number of imide groups is 4. The minimum absolute atomic E-state index is 0.124. The number of carbonyl (C=O) groups is 7. The summed E-state index contributed by atoms with van der Waals surface area (Å²) in [6.07, 6.45) is 2.89. The van der Waals surface area contributed by atoms with Crippen LogP contribution in [0.1, 0.15) is 27.0 Å². The van der Waals surface area contributed by atoms with Crippen molar-refractivity contribution in [2.45, 2.75) is 6.92 Å². The molecule has 2 saturated heterocycles. The lowest BCUT2D eigenvalue weighted by Crippen LogP contribution is -2.52. The number of likely N-dealkylation sites (N-methyl/N-ethyl adjacent to an activating group) is 4. The van der Waals surface area contributed by atoms with E-state index in [1.54, 1.807) is 24.3 Å². The van der Waals surface area contributed by atoms with E-state index in [0.29, 0.717) is 20.2 Å². The van der Waals surface area contributed by atoms with Crippen molar-refractivity contribution < 1.29 is 33.6 Å². The van der Waals surface area contributed by atoms with Gasteiger partial charge in [0.15, 0.2) is 5.78 Å². The first-order valence-corrected chi connectivity index (χ1v) is 14.7. The van der Waals surface area contributed by atoms with Gasteiger partial charge in [0.25, 0.3) is 23.6 Å². The fourth-order valence-electron chi connectivity index (χ4n) is 4.31. The number of barbiturate groups is 2. The molecule has 11 nitrogen and oxygen atoms in total. The number of carbonyl (C=O) groups excluding carboxylic acids is 7. The zero-order valence-electron chi connectivity index (χ0n) is 22.9. The lowest BCUT2D eigenvalue weighted by molar-refractivity contribution is -0.135. The van der Waals surface area contributed by atoms with E-state index in [9.17, 15) is 33.6 Å². The summed E-state index contributed by atoms with van der Waals surface area (Å²) in [6.45, 7) is 1.47. The first kappa shape index (κ1) is 29.0. The molecule has 3 aromatic rings. The average molecular weight is 623 g/mol. The predicted molar refractivity (Wildman–Crippen MR) is 159 cm³/mol. The minimum Gasteiger partial charge on any atom is -0.294 e. The van der Waals surface area contributed by atoms with E-state index in [1.165, 1.54) is 81.3 Å². The molecule has 8 amide bonds. The Morgan fingerprint density at radius 1 is 0.595 bits per heavy atom. The molecule has 0 N–H and O–H groups in total. The van der Waals surface area contributed by atoms with Crippen LogP contribution in [-0.4, -0.2) is 89.3 Å². The molecule has 0 radical (unpaired) electrons. The molecule has 0 unspecified atom stereocenters. The Morgan fingerprint density at radius 2 is 1.00 bits per heavy atom. The fraction of sp³-hybridized carbons (Fsp3) is 0.179. The van der Waals surface area contributed by atoms with Gasteiger partial charge >= 0.3 is 12.1 Å². The summed E-state index contributed by atoms with van der Waals surface area (Å²) in [7, 11) is 5.24. The molecule has 0 saturated carbocycles. The molecular formula is C28H22N4O7S3. The number of rotatable bonds is 5. The Morgan fingerprint density at radius 3 is 1.43 bits per heavy atom. The summed E-state index contributed by atoms with van der Waals surface area (Å²) < 4.78 is 0. The highest BCUT2D eigenvalue weighted by atomic mass is 32.1. The average Bonchev–Trinajstić information content (AvgIpc) is 3.73. The number of urea groups is 2. The third-order valence-corrected chi connectivity index (χ3v) is 10.3. The van der Waals surface area contributed by atoms with Crippen molar-refractivity contribution in [2.75, 3.05) is 28.2 Å². The number of hydrogen-bond donors (Lipinski definition) is 0. The quantitative estimate of drug-likeness (QED) is 0.236. The van der Waals surface area contributed by atoms with Gasteiger partial charge in [0.1, 0.15) is 11.1 Å². The number of Topliss-reactive ketones (excluding diaryl/α,β-unsaturated/α-hetero) is 1. The third kappa shape index (κ3) is 4.82. The number of hydrogen-bond acceptors (Lipinski definition) is 10. The van der Waals surface area contributed by atoms with Crippen molar-refractivity contribution in [3.63, 3.8) is 0 Å². The van der Waals surface area contributed by atoms with Crippen molar-refractivity contribution in [1.82, 2.24) is 19.6 Å². The fourth-order valence-corrected chi connectivity index (χ4v) is 7.62. The van der Waals surface area contributed by atoms with Gasteiger partial charge in [0.05, 0.1) is 4.88 Å². The Hall–Kier alpha value is -4.53. The Bertz CT molecular complexity index is 1760. The Balaban J connectivity index is 1.46. The minimum atomic E-state index is -0.703.